The smallest absolute Gasteiger partial charge is 0.190 e. The Morgan fingerprint density at radius 2 is 2.06 bits per heavy atom. The number of thioether (sulfide) groups is 1. The molecule has 5 nitrogen and oxygen atoms in total. The molecule has 1 N–H and O–H groups in total. The highest BCUT2D eigenvalue weighted by atomic mass is 35.5. The third-order valence-corrected chi connectivity index (χ3v) is 5.22. The minimum absolute atomic E-state index is 0.134. The van der Waals surface area contributed by atoms with Gasteiger partial charge in [0.25, 0.3) is 0 Å². The van der Waals surface area contributed by atoms with Gasteiger partial charge < -0.3 is 5.32 Å². The number of nitrogens with one attached hydrogen (secondary N) is 1. The maximum Gasteiger partial charge on any atom is 0.190 e. The summed E-state index contributed by atoms with van der Waals surface area (Å²) in [5.41, 5.74) is 0. The van der Waals surface area contributed by atoms with Crippen LogP contribution in [0.15, 0.2) is 11.2 Å². The summed E-state index contributed by atoms with van der Waals surface area (Å²) in [5, 5.41) is 4.22. The van der Waals surface area contributed by atoms with E-state index in [0.717, 1.165) is 0 Å². The van der Waals surface area contributed by atoms with Crippen molar-refractivity contribution in [2.75, 3.05) is 23.1 Å². The van der Waals surface area contributed by atoms with Crippen molar-refractivity contribution in [2.24, 2.45) is 0 Å². The fourth-order valence-electron chi connectivity index (χ4n) is 1.81. The highest BCUT2D eigenvalue weighted by Crippen LogP contribution is 2.21. The molecular weight excluding hydrogens is 294 g/mol. The number of halogens is 1. The molecule has 0 radical (unpaired) electrons. The van der Waals surface area contributed by atoms with Gasteiger partial charge in [0, 0.05) is 12.1 Å². The molecule has 1 aromatic heterocycles. The molecule has 2 heterocycles. The van der Waals surface area contributed by atoms with E-state index in [1.165, 1.54) is 11.8 Å². The van der Waals surface area contributed by atoms with Gasteiger partial charge in [-0.15, -0.1) is 0 Å². The first kappa shape index (κ1) is 13.9. The molecule has 1 aliphatic rings. The van der Waals surface area contributed by atoms with Crippen molar-refractivity contribution in [1.82, 2.24) is 9.97 Å². The molecule has 1 fully saturated rings. The highest BCUT2D eigenvalue weighted by molar-refractivity contribution is 7.98. The van der Waals surface area contributed by atoms with Crippen molar-refractivity contribution in [3.63, 3.8) is 0 Å². The lowest BCUT2D eigenvalue weighted by Gasteiger charge is -2.23. The normalized spacial score (nSPS) is 19.7. The zero-order valence-electron chi connectivity index (χ0n) is 9.89. The van der Waals surface area contributed by atoms with E-state index in [-0.39, 0.29) is 17.5 Å². The quantitative estimate of drug-likeness (QED) is 0.522. The van der Waals surface area contributed by atoms with Gasteiger partial charge in [0.15, 0.2) is 5.16 Å². The van der Waals surface area contributed by atoms with Crippen LogP contribution in [0.4, 0.5) is 5.82 Å². The maximum absolute atomic E-state index is 11.3. The summed E-state index contributed by atoms with van der Waals surface area (Å²) in [7, 11) is -2.83. The van der Waals surface area contributed by atoms with Gasteiger partial charge in [0.1, 0.15) is 20.8 Å². The number of hydrogen-bond acceptors (Lipinski definition) is 6. The SMILES string of the molecule is CSc1nc(Cl)cc(NC2CCS(=O)(=O)CC2)n1. The molecular formula is C10H14ClN3O2S2. The van der Waals surface area contributed by atoms with Gasteiger partial charge in [-0.2, -0.15) is 0 Å². The van der Waals surface area contributed by atoms with E-state index in [4.69, 9.17) is 11.6 Å². The lowest BCUT2D eigenvalue weighted by atomic mass is 10.1. The first-order chi connectivity index (χ1) is 8.48. The summed E-state index contributed by atoms with van der Waals surface area (Å²) in [6, 6.07) is 1.79. The molecule has 1 saturated heterocycles. The third kappa shape index (κ3) is 3.73. The van der Waals surface area contributed by atoms with Gasteiger partial charge in [0.05, 0.1) is 11.5 Å². The number of sulfone groups is 1. The molecule has 0 unspecified atom stereocenters. The summed E-state index contributed by atoms with van der Waals surface area (Å²) in [5.74, 6) is 1.13. The number of anilines is 1. The molecule has 2 rings (SSSR count). The average Bonchev–Trinajstić information content (AvgIpc) is 2.31. The Labute approximate surface area is 116 Å². The van der Waals surface area contributed by atoms with Crippen molar-refractivity contribution >= 4 is 39.0 Å². The predicted molar refractivity (Wildman–Crippen MR) is 74.1 cm³/mol. The van der Waals surface area contributed by atoms with Crippen LogP contribution in [0, 0.1) is 0 Å². The van der Waals surface area contributed by atoms with Gasteiger partial charge in [-0.25, -0.2) is 18.4 Å². The van der Waals surface area contributed by atoms with Crippen molar-refractivity contribution in [2.45, 2.75) is 24.0 Å². The Hall–Kier alpha value is -0.530. The van der Waals surface area contributed by atoms with Crippen LogP contribution < -0.4 is 5.32 Å². The van der Waals surface area contributed by atoms with Crippen LogP contribution >= 0.6 is 23.4 Å². The maximum atomic E-state index is 11.3. The summed E-state index contributed by atoms with van der Waals surface area (Å²) in [4.78, 5) is 8.34. The largest absolute Gasteiger partial charge is 0.367 e. The Kier molecular flexibility index (Phi) is 4.34. The Morgan fingerprint density at radius 1 is 1.39 bits per heavy atom. The monoisotopic (exact) mass is 307 g/mol. The second-order valence-electron chi connectivity index (χ2n) is 4.13. The van der Waals surface area contributed by atoms with Gasteiger partial charge in [0.2, 0.25) is 0 Å². The van der Waals surface area contributed by atoms with Crippen molar-refractivity contribution in [3.05, 3.63) is 11.2 Å². The standard InChI is InChI=1S/C10H14ClN3O2S2/c1-17-10-13-8(11)6-9(14-10)12-7-2-4-18(15,16)5-3-7/h6-7H,2-5H2,1H3,(H,12,13,14). The molecule has 0 aromatic carbocycles. The second kappa shape index (κ2) is 5.63. The van der Waals surface area contributed by atoms with Crippen LogP contribution in [-0.2, 0) is 9.84 Å². The van der Waals surface area contributed by atoms with E-state index in [0.29, 0.717) is 29.0 Å². The van der Waals surface area contributed by atoms with E-state index in [1.54, 1.807) is 6.07 Å². The van der Waals surface area contributed by atoms with Crippen molar-refractivity contribution < 1.29 is 8.42 Å². The molecule has 0 amide bonds. The zero-order valence-corrected chi connectivity index (χ0v) is 12.3. The number of hydrogen-bond donors (Lipinski definition) is 1. The first-order valence-corrected chi connectivity index (χ1v) is 8.96. The third-order valence-electron chi connectivity index (χ3n) is 2.76. The van der Waals surface area contributed by atoms with Crippen LogP contribution in [0.2, 0.25) is 5.15 Å². The van der Waals surface area contributed by atoms with Crippen molar-refractivity contribution in [3.8, 4) is 0 Å². The average molecular weight is 308 g/mol. The molecule has 0 atom stereocenters. The van der Waals surface area contributed by atoms with Crippen LogP contribution in [0.5, 0.6) is 0 Å². The van der Waals surface area contributed by atoms with E-state index in [1.807, 2.05) is 6.26 Å². The Balaban J connectivity index is 2.04. The zero-order chi connectivity index (χ0) is 13.2. The second-order valence-corrected chi connectivity index (χ2v) is 7.60. The molecule has 1 aliphatic heterocycles. The van der Waals surface area contributed by atoms with Gasteiger partial charge in [-0.3, -0.25) is 0 Å². The van der Waals surface area contributed by atoms with Crippen LogP contribution in [0.3, 0.4) is 0 Å². The molecule has 0 aliphatic carbocycles. The molecule has 0 spiro atoms. The summed E-state index contributed by atoms with van der Waals surface area (Å²) in [6.07, 6.45) is 3.10. The van der Waals surface area contributed by atoms with Crippen LogP contribution in [-0.4, -0.2) is 42.2 Å². The molecule has 1 aromatic rings. The van der Waals surface area contributed by atoms with Crippen LogP contribution in [0.25, 0.3) is 0 Å². The molecule has 8 heteroatoms. The fraction of sp³-hybridized carbons (Fsp3) is 0.600. The molecule has 0 saturated carbocycles. The van der Waals surface area contributed by atoms with Crippen molar-refractivity contribution in [1.29, 1.82) is 0 Å². The van der Waals surface area contributed by atoms with Gasteiger partial charge in [-0.05, 0) is 19.1 Å². The summed E-state index contributed by atoms with van der Waals surface area (Å²) >= 11 is 7.31. The fourth-order valence-corrected chi connectivity index (χ4v) is 3.91. The Morgan fingerprint density at radius 3 is 2.67 bits per heavy atom. The number of aromatic nitrogens is 2. The summed E-state index contributed by atoms with van der Waals surface area (Å²) < 4.78 is 22.7. The highest BCUT2D eigenvalue weighted by Gasteiger charge is 2.23. The van der Waals surface area contributed by atoms with E-state index < -0.39 is 9.84 Å². The first-order valence-electron chi connectivity index (χ1n) is 5.54. The van der Waals surface area contributed by atoms with Gasteiger partial charge >= 0.3 is 0 Å². The lowest BCUT2D eigenvalue weighted by Crippen LogP contribution is -2.32. The molecule has 0 bridgehead atoms. The number of nitrogens with zero attached hydrogens (tertiary/aromatic N) is 2. The topological polar surface area (TPSA) is 72.0 Å². The van der Waals surface area contributed by atoms with Gasteiger partial charge in [-0.1, -0.05) is 23.4 Å². The van der Waals surface area contributed by atoms with Crippen LogP contribution in [0.1, 0.15) is 12.8 Å². The molecule has 18 heavy (non-hydrogen) atoms. The Bertz CT molecular complexity index is 522. The minimum atomic E-state index is -2.83. The number of rotatable bonds is 3. The lowest BCUT2D eigenvalue weighted by molar-refractivity contribution is 0.558. The van der Waals surface area contributed by atoms with E-state index >= 15 is 0 Å². The van der Waals surface area contributed by atoms with E-state index in [2.05, 4.69) is 15.3 Å². The minimum Gasteiger partial charge on any atom is -0.367 e. The molecule has 100 valence electrons. The summed E-state index contributed by atoms with van der Waals surface area (Å²) in [6.45, 7) is 0. The predicted octanol–water partition coefficient (Wildman–Crippen LogP) is 1.84. The van der Waals surface area contributed by atoms with E-state index in [9.17, 15) is 8.42 Å².